The molecule has 1 heterocycles. The van der Waals surface area contributed by atoms with Crippen molar-refractivity contribution >= 4 is 47.3 Å². The number of nitrogens with one attached hydrogen (secondary N) is 7. The molecule has 7 amide bonds. The molecule has 0 bridgehead atoms. The van der Waals surface area contributed by atoms with E-state index in [0.717, 1.165) is 6.92 Å². The Balaban J connectivity index is 1.89. The number of carbonyl (C=O) groups is 7. The van der Waals surface area contributed by atoms with Crippen molar-refractivity contribution in [1.82, 2.24) is 41.9 Å². The van der Waals surface area contributed by atoms with Crippen molar-refractivity contribution in [3.63, 3.8) is 0 Å². The topological polar surface area (TPSA) is 371 Å². The van der Waals surface area contributed by atoms with Gasteiger partial charge in [-0.15, -0.1) is 0 Å². The number of guanidine groups is 1. The summed E-state index contributed by atoms with van der Waals surface area (Å²) in [5.74, 6) is -6.40. The number of aromatic hydroxyl groups is 1. The second-order valence-corrected chi connectivity index (χ2v) is 14.1. The van der Waals surface area contributed by atoms with Crippen LogP contribution >= 0.6 is 0 Å². The van der Waals surface area contributed by atoms with Crippen molar-refractivity contribution in [3.05, 3.63) is 83.9 Å². The number of aromatic amines is 1. The van der Waals surface area contributed by atoms with Gasteiger partial charge in [0, 0.05) is 44.6 Å². The minimum absolute atomic E-state index is 0.0469. The number of phenols is 1. The van der Waals surface area contributed by atoms with Crippen molar-refractivity contribution in [2.45, 2.75) is 88.3 Å². The van der Waals surface area contributed by atoms with Crippen LogP contribution in [0.3, 0.4) is 0 Å². The van der Waals surface area contributed by atoms with Gasteiger partial charge in [-0.2, -0.15) is 0 Å². The van der Waals surface area contributed by atoms with Crippen molar-refractivity contribution < 1.29 is 48.9 Å². The molecule has 0 spiro atoms. The van der Waals surface area contributed by atoms with Crippen LogP contribution in [0.4, 0.5) is 0 Å². The van der Waals surface area contributed by atoms with Crippen LogP contribution in [-0.4, -0.2) is 128 Å². The summed E-state index contributed by atoms with van der Waals surface area (Å²) < 4.78 is 0. The van der Waals surface area contributed by atoms with E-state index < -0.39 is 90.3 Å². The number of primary amides is 1. The predicted molar refractivity (Wildman–Crippen MR) is 219 cm³/mol. The first-order chi connectivity index (χ1) is 29.0. The standard InChI is InChI=1S/C39H54N12O10/c1-21(53)32(38(61)50-30(17-25-18-43-20-45-25)35(58)48-28(33(40)56)15-23-7-4-3-5-8-23)51-36(59)29(16-24-10-12-26(55)13-11-24)49-34(57)27(9-6-14-44-39(41)42)47-37(60)31(19-52)46-22(2)54/h3-5,7-8,10-13,18,20-21,27-32,52-53,55H,6,9,14-17,19H2,1-2H3,(H2,40,56)(H,43,45)(H,46,54)(H,47,60)(H,48,58)(H,49,57)(H,50,61)(H,51,59)(H4,41,42,44)/t21-,27+,28+,29+,30+,31+,32+/m1/s1. The van der Waals surface area contributed by atoms with Crippen molar-refractivity contribution in [2.24, 2.45) is 22.2 Å². The fourth-order valence-corrected chi connectivity index (χ4v) is 5.92. The van der Waals surface area contributed by atoms with E-state index in [1.54, 1.807) is 30.3 Å². The Bertz CT molecular complexity index is 1960. The first kappa shape index (κ1) is 48.3. The van der Waals surface area contributed by atoms with Crippen molar-refractivity contribution in [2.75, 3.05) is 13.2 Å². The molecule has 22 heteroatoms. The lowest BCUT2D eigenvalue weighted by Crippen LogP contribution is -2.62. The Morgan fingerprint density at radius 3 is 1.82 bits per heavy atom. The Labute approximate surface area is 350 Å². The third-order valence-electron chi connectivity index (χ3n) is 9.08. The highest BCUT2D eigenvalue weighted by atomic mass is 16.3. The van der Waals surface area contributed by atoms with Gasteiger partial charge >= 0.3 is 0 Å². The highest BCUT2D eigenvalue weighted by Gasteiger charge is 2.35. The molecule has 0 aliphatic heterocycles. The molecule has 0 aliphatic rings. The SMILES string of the molecule is CC(=O)N[C@@H](CO)C(=O)N[C@@H](CCCN=C(N)N)C(=O)N[C@@H](Cc1ccc(O)cc1)C(=O)N[C@H](C(=O)N[C@@H](Cc1cnc[nH]1)C(=O)N[C@@H](Cc1ccccc1)C(N)=O)[C@@H](C)O. The summed E-state index contributed by atoms with van der Waals surface area (Å²) in [6, 6.07) is 5.82. The molecule has 0 saturated heterocycles. The molecule has 0 saturated carbocycles. The zero-order valence-electron chi connectivity index (χ0n) is 33.7. The van der Waals surface area contributed by atoms with Crippen LogP contribution in [0.15, 0.2) is 72.1 Å². The van der Waals surface area contributed by atoms with Gasteiger partial charge < -0.3 is 69.4 Å². The number of phenolic OH excluding ortho intramolecular Hbond substituents is 1. The molecule has 3 rings (SSSR count). The van der Waals surface area contributed by atoms with Gasteiger partial charge in [0.25, 0.3) is 0 Å². The molecule has 22 nitrogen and oxygen atoms in total. The highest BCUT2D eigenvalue weighted by molar-refractivity contribution is 5.97. The Kier molecular flexibility index (Phi) is 19.1. The molecule has 0 radical (unpaired) electrons. The monoisotopic (exact) mass is 850 g/mol. The lowest BCUT2D eigenvalue weighted by Gasteiger charge is -2.28. The molecule has 3 aromatic rings. The van der Waals surface area contributed by atoms with E-state index >= 15 is 0 Å². The number of carbonyl (C=O) groups excluding carboxylic acids is 7. The lowest BCUT2D eigenvalue weighted by molar-refractivity contribution is -0.137. The smallest absolute Gasteiger partial charge is 0.245 e. The van der Waals surface area contributed by atoms with Crippen LogP contribution in [-0.2, 0) is 52.8 Å². The number of aliphatic hydroxyl groups is 2. The number of benzene rings is 2. The number of rotatable bonds is 24. The number of aromatic nitrogens is 2. The maximum absolute atomic E-state index is 14.1. The van der Waals surface area contributed by atoms with Crippen LogP contribution in [0.2, 0.25) is 0 Å². The zero-order valence-corrected chi connectivity index (χ0v) is 33.7. The summed E-state index contributed by atoms with van der Waals surface area (Å²) in [7, 11) is 0. The molecule has 16 N–H and O–H groups in total. The highest BCUT2D eigenvalue weighted by Crippen LogP contribution is 2.13. The van der Waals surface area contributed by atoms with Crippen molar-refractivity contribution in [1.29, 1.82) is 0 Å². The average Bonchev–Trinajstić information content (AvgIpc) is 3.73. The number of amides is 7. The number of nitrogens with zero attached hydrogens (tertiary/aromatic N) is 2. The van der Waals surface area contributed by atoms with Gasteiger partial charge in [-0.3, -0.25) is 38.6 Å². The van der Waals surface area contributed by atoms with E-state index in [1.165, 1.54) is 43.7 Å². The summed E-state index contributed by atoms with van der Waals surface area (Å²) in [6.07, 6.45) is 0.907. The van der Waals surface area contributed by atoms with Crippen LogP contribution in [0, 0.1) is 0 Å². The molecule has 61 heavy (non-hydrogen) atoms. The second kappa shape index (κ2) is 24.1. The number of aliphatic hydroxyl groups excluding tert-OH is 2. The molecule has 0 aliphatic carbocycles. The van der Waals surface area contributed by atoms with E-state index in [-0.39, 0.29) is 50.4 Å². The first-order valence-electron chi connectivity index (χ1n) is 19.2. The average molecular weight is 851 g/mol. The van der Waals surface area contributed by atoms with Crippen molar-refractivity contribution in [3.8, 4) is 5.75 Å². The van der Waals surface area contributed by atoms with Gasteiger partial charge in [-0.25, -0.2) is 4.98 Å². The molecular formula is C39H54N12O10. The van der Waals surface area contributed by atoms with Crippen LogP contribution in [0.1, 0.15) is 43.5 Å². The summed E-state index contributed by atoms with van der Waals surface area (Å²) in [5, 5.41) is 45.2. The van der Waals surface area contributed by atoms with Gasteiger partial charge in [0.05, 0.1) is 19.0 Å². The van der Waals surface area contributed by atoms with Gasteiger partial charge in [0.15, 0.2) is 5.96 Å². The molecule has 7 atom stereocenters. The number of aliphatic imine (C=N–C) groups is 1. The number of imidazole rings is 1. The summed E-state index contributed by atoms with van der Waals surface area (Å²) in [6.45, 7) is 1.59. The fourth-order valence-electron chi connectivity index (χ4n) is 5.92. The maximum atomic E-state index is 14.1. The van der Waals surface area contributed by atoms with Gasteiger partial charge in [0.1, 0.15) is 42.0 Å². The lowest BCUT2D eigenvalue weighted by atomic mass is 10.0. The number of nitrogens with two attached hydrogens (primary N) is 3. The largest absolute Gasteiger partial charge is 0.508 e. The number of hydrogen-bond acceptors (Lipinski definition) is 12. The summed E-state index contributed by atoms with van der Waals surface area (Å²) in [4.78, 5) is 103. The first-order valence-corrected chi connectivity index (χ1v) is 19.2. The van der Waals surface area contributed by atoms with Gasteiger partial charge in [-0.1, -0.05) is 42.5 Å². The minimum atomic E-state index is -1.72. The molecule has 0 fully saturated rings. The second-order valence-electron chi connectivity index (χ2n) is 14.1. The molecular weight excluding hydrogens is 797 g/mol. The van der Waals surface area contributed by atoms with Gasteiger partial charge in [0.2, 0.25) is 41.4 Å². The Morgan fingerprint density at radius 2 is 1.25 bits per heavy atom. The molecule has 0 unspecified atom stereocenters. The quantitative estimate of drug-likeness (QED) is 0.0232. The third-order valence-corrected chi connectivity index (χ3v) is 9.08. The van der Waals surface area contributed by atoms with E-state index in [0.29, 0.717) is 16.8 Å². The summed E-state index contributed by atoms with van der Waals surface area (Å²) in [5.41, 5.74) is 18.0. The van der Waals surface area contributed by atoms with Crippen LogP contribution in [0.25, 0.3) is 0 Å². The van der Waals surface area contributed by atoms with Crippen LogP contribution < -0.4 is 49.1 Å². The van der Waals surface area contributed by atoms with E-state index in [9.17, 15) is 48.9 Å². The van der Waals surface area contributed by atoms with Crippen LogP contribution in [0.5, 0.6) is 5.75 Å². The summed E-state index contributed by atoms with van der Waals surface area (Å²) >= 11 is 0. The molecule has 2 aromatic carbocycles. The molecule has 330 valence electrons. The Morgan fingerprint density at radius 1 is 0.705 bits per heavy atom. The zero-order chi connectivity index (χ0) is 45.1. The third kappa shape index (κ3) is 16.6. The number of H-pyrrole nitrogens is 1. The van der Waals surface area contributed by atoms with Gasteiger partial charge in [-0.05, 0) is 43.0 Å². The van der Waals surface area contributed by atoms with E-state index in [1.807, 2.05) is 0 Å². The van der Waals surface area contributed by atoms with E-state index in [2.05, 4.69) is 46.9 Å². The predicted octanol–water partition coefficient (Wildman–Crippen LogP) is -4.02. The maximum Gasteiger partial charge on any atom is 0.245 e. The molecule has 1 aromatic heterocycles. The number of hydrogen-bond donors (Lipinski definition) is 13. The van der Waals surface area contributed by atoms with E-state index in [4.69, 9.17) is 17.2 Å². The Hall–Kier alpha value is -7.07. The fraction of sp³-hybridized carbons (Fsp3) is 0.410. The normalized spacial score (nSPS) is 14.3. The minimum Gasteiger partial charge on any atom is -0.508 e.